The van der Waals surface area contributed by atoms with Crippen molar-refractivity contribution in [2.24, 2.45) is 5.16 Å². The SMILES string of the molecule is C[C@@H]1CN([C@@H]2CCC/C2=N\O)C[C@H](C)O1. The molecule has 0 radical (unpaired) electrons. The number of rotatable bonds is 1. The van der Waals surface area contributed by atoms with Crippen LogP contribution in [0.5, 0.6) is 0 Å². The van der Waals surface area contributed by atoms with Crippen LogP contribution in [-0.2, 0) is 4.74 Å². The lowest BCUT2D eigenvalue weighted by molar-refractivity contribution is -0.0733. The van der Waals surface area contributed by atoms with Crippen LogP contribution in [0.1, 0.15) is 33.1 Å². The normalized spacial score (nSPS) is 41.2. The van der Waals surface area contributed by atoms with Crippen molar-refractivity contribution in [2.75, 3.05) is 13.1 Å². The molecule has 4 heteroatoms. The topological polar surface area (TPSA) is 45.1 Å². The molecule has 1 heterocycles. The monoisotopic (exact) mass is 212 g/mol. The molecule has 0 aromatic carbocycles. The van der Waals surface area contributed by atoms with Crippen molar-refractivity contribution < 1.29 is 9.94 Å². The van der Waals surface area contributed by atoms with Crippen molar-refractivity contribution in [1.29, 1.82) is 0 Å². The van der Waals surface area contributed by atoms with E-state index in [1.165, 1.54) is 0 Å². The van der Waals surface area contributed by atoms with Gasteiger partial charge in [0, 0.05) is 13.1 Å². The molecule has 2 rings (SSSR count). The highest BCUT2D eigenvalue weighted by Gasteiger charge is 2.33. The Morgan fingerprint density at radius 3 is 2.60 bits per heavy atom. The highest BCUT2D eigenvalue weighted by Crippen LogP contribution is 2.24. The Morgan fingerprint density at radius 1 is 1.33 bits per heavy atom. The van der Waals surface area contributed by atoms with Gasteiger partial charge in [0.2, 0.25) is 0 Å². The summed E-state index contributed by atoms with van der Waals surface area (Å²) in [5.74, 6) is 0. The van der Waals surface area contributed by atoms with Crippen LogP contribution in [0, 0.1) is 0 Å². The summed E-state index contributed by atoms with van der Waals surface area (Å²) >= 11 is 0. The van der Waals surface area contributed by atoms with Crippen molar-refractivity contribution in [1.82, 2.24) is 4.90 Å². The first kappa shape index (κ1) is 10.9. The van der Waals surface area contributed by atoms with Crippen LogP contribution in [-0.4, -0.2) is 47.2 Å². The van der Waals surface area contributed by atoms with Gasteiger partial charge >= 0.3 is 0 Å². The average Bonchev–Trinajstić information content (AvgIpc) is 2.63. The van der Waals surface area contributed by atoms with Crippen LogP contribution < -0.4 is 0 Å². The number of morpholine rings is 1. The number of nitrogens with zero attached hydrogens (tertiary/aromatic N) is 2. The quantitative estimate of drug-likeness (QED) is 0.529. The summed E-state index contributed by atoms with van der Waals surface area (Å²) in [6.45, 7) is 6.11. The summed E-state index contributed by atoms with van der Waals surface area (Å²) in [4.78, 5) is 2.40. The Kier molecular flexibility index (Phi) is 3.26. The molecular formula is C11H20N2O2. The van der Waals surface area contributed by atoms with Gasteiger partial charge in [-0.1, -0.05) is 5.16 Å². The van der Waals surface area contributed by atoms with Crippen molar-refractivity contribution in [2.45, 2.75) is 51.4 Å². The third-order valence-electron chi connectivity index (χ3n) is 3.31. The summed E-state index contributed by atoms with van der Waals surface area (Å²) in [6, 6.07) is 0.351. The Morgan fingerprint density at radius 2 is 2.00 bits per heavy atom. The van der Waals surface area contributed by atoms with E-state index in [-0.39, 0.29) is 12.2 Å². The van der Waals surface area contributed by atoms with Crippen LogP contribution in [0.25, 0.3) is 0 Å². The van der Waals surface area contributed by atoms with Gasteiger partial charge < -0.3 is 9.94 Å². The zero-order valence-corrected chi connectivity index (χ0v) is 9.52. The van der Waals surface area contributed by atoms with Gasteiger partial charge in [-0.15, -0.1) is 0 Å². The maximum Gasteiger partial charge on any atom is 0.0742 e. The van der Waals surface area contributed by atoms with Crippen molar-refractivity contribution in [3.63, 3.8) is 0 Å². The van der Waals surface area contributed by atoms with Crippen molar-refractivity contribution in [3.8, 4) is 0 Å². The van der Waals surface area contributed by atoms with E-state index in [1.54, 1.807) is 0 Å². The highest BCUT2D eigenvalue weighted by atomic mass is 16.5. The standard InChI is InChI=1S/C11H20N2O2/c1-8-6-13(7-9(2)15-8)11-5-3-4-10(11)12-14/h8-9,11,14H,3-7H2,1-2H3/b12-10+/t8-,9+,11-/m1/s1. The Bertz CT molecular complexity index is 245. The summed E-state index contributed by atoms with van der Waals surface area (Å²) in [7, 11) is 0. The average molecular weight is 212 g/mol. The van der Waals surface area contributed by atoms with E-state index >= 15 is 0 Å². The minimum Gasteiger partial charge on any atom is -0.411 e. The van der Waals surface area contributed by atoms with E-state index in [0.29, 0.717) is 6.04 Å². The third-order valence-corrected chi connectivity index (χ3v) is 3.31. The second-order valence-electron chi connectivity index (χ2n) is 4.71. The smallest absolute Gasteiger partial charge is 0.0742 e. The molecule has 1 N–H and O–H groups in total. The molecule has 0 spiro atoms. The zero-order chi connectivity index (χ0) is 10.8. The molecule has 2 aliphatic rings. The molecule has 1 saturated carbocycles. The Balaban J connectivity index is 2.03. The predicted molar refractivity (Wildman–Crippen MR) is 58.4 cm³/mol. The molecule has 0 unspecified atom stereocenters. The fraction of sp³-hybridized carbons (Fsp3) is 0.909. The van der Waals surface area contributed by atoms with Gasteiger partial charge in [0.25, 0.3) is 0 Å². The lowest BCUT2D eigenvalue weighted by atomic mass is 10.1. The summed E-state index contributed by atoms with van der Waals surface area (Å²) < 4.78 is 5.70. The molecule has 1 aliphatic carbocycles. The zero-order valence-electron chi connectivity index (χ0n) is 9.52. The minimum absolute atomic E-state index is 0.286. The highest BCUT2D eigenvalue weighted by molar-refractivity contribution is 5.90. The van der Waals surface area contributed by atoms with Gasteiger partial charge in [-0.3, -0.25) is 4.90 Å². The van der Waals surface area contributed by atoms with Crippen LogP contribution >= 0.6 is 0 Å². The Labute approximate surface area is 90.9 Å². The van der Waals surface area contributed by atoms with Gasteiger partial charge in [0.1, 0.15) is 0 Å². The van der Waals surface area contributed by atoms with Gasteiger partial charge in [0.05, 0.1) is 24.0 Å². The fourth-order valence-electron chi connectivity index (χ4n) is 2.79. The van der Waals surface area contributed by atoms with E-state index in [1.807, 2.05) is 0 Å². The summed E-state index contributed by atoms with van der Waals surface area (Å²) in [6.07, 6.45) is 3.79. The van der Waals surface area contributed by atoms with Crippen molar-refractivity contribution >= 4 is 5.71 Å². The predicted octanol–water partition coefficient (Wildman–Crippen LogP) is 1.48. The minimum atomic E-state index is 0.286. The number of hydrogen-bond acceptors (Lipinski definition) is 4. The van der Waals surface area contributed by atoms with Gasteiger partial charge in [0.15, 0.2) is 0 Å². The molecule has 0 amide bonds. The third kappa shape index (κ3) is 2.32. The van der Waals surface area contributed by atoms with Crippen molar-refractivity contribution in [3.05, 3.63) is 0 Å². The molecule has 0 bridgehead atoms. The Hall–Kier alpha value is -0.610. The first-order valence-electron chi connectivity index (χ1n) is 5.81. The molecule has 4 nitrogen and oxygen atoms in total. The molecule has 1 aliphatic heterocycles. The second kappa shape index (κ2) is 4.49. The van der Waals surface area contributed by atoms with Crippen LogP contribution in [0.2, 0.25) is 0 Å². The van der Waals surface area contributed by atoms with E-state index in [9.17, 15) is 0 Å². The molecule has 86 valence electrons. The molecule has 1 saturated heterocycles. The molecule has 2 fully saturated rings. The number of ether oxygens (including phenoxy) is 1. The first-order valence-corrected chi connectivity index (χ1v) is 5.81. The second-order valence-corrected chi connectivity index (χ2v) is 4.71. The maximum atomic E-state index is 8.93. The number of hydrogen-bond donors (Lipinski definition) is 1. The van der Waals surface area contributed by atoms with Gasteiger partial charge in [-0.2, -0.15) is 0 Å². The van der Waals surface area contributed by atoms with E-state index in [0.717, 1.165) is 38.1 Å². The van der Waals surface area contributed by atoms with Gasteiger partial charge in [-0.05, 0) is 33.1 Å². The van der Waals surface area contributed by atoms with Crippen LogP contribution in [0.3, 0.4) is 0 Å². The largest absolute Gasteiger partial charge is 0.411 e. The molecule has 0 aromatic rings. The first-order chi connectivity index (χ1) is 7.20. The summed E-state index contributed by atoms with van der Waals surface area (Å²) in [5.41, 5.74) is 0.955. The fourth-order valence-corrected chi connectivity index (χ4v) is 2.79. The van der Waals surface area contributed by atoms with Gasteiger partial charge in [-0.25, -0.2) is 0 Å². The molecule has 0 aromatic heterocycles. The van der Waals surface area contributed by atoms with Crippen LogP contribution in [0.15, 0.2) is 5.16 Å². The van der Waals surface area contributed by atoms with E-state index < -0.39 is 0 Å². The molecular weight excluding hydrogens is 192 g/mol. The lowest BCUT2D eigenvalue weighted by Crippen LogP contribution is -2.51. The van der Waals surface area contributed by atoms with E-state index in [4.69, 9.17) is 9.94 Å². The molecule has 15 heavy (non-hydrogen) atoms. The van der Waals surface area contributed by atoms with E-state index in [2.05, 4.69) is 23.9 Å². The van der Waals surface area contributed by atoms with Crippen LogP contribution in [0.4, 0.5) is 0 Å². The lowest BCUT2D eigenvalue weighted by Gasteiger charge is -2.38. The summed E-state index contributed by atoms with van der Waals surface area (Å²) in [5, 5.41) is 12.4. The maximum absolute atomic E-state index is 8.93. The molecule has 3 atom stereocenters. The number of oxime groups is 1.